The van der Waals surface area contributed by atoms with Crippen molar-refractivity contribution in [2.75, 3.05) is 13.2 Å². The molecule has 1 aromatic heterocycles. The van der Waals surface area contributed by atoms with Gasteiger partial charge in [-0.3, -0.25) is 4.79 Å². The topological polar surface area (TPSA) is 92.8 Å². The molecule has 0 aliphatic carbocycles. The number of ether oxygens (including phenoxy) is 1. The second kappa shape index (κ2) is 8.66. The number of sulfonamides is 1. The molecule has 1 amide bonds. The molecule has 2 aromatic rings. The average molecular weight is 471 g/mol. The summed E-state index contributed by atoms with van der Waals surface area (Å²) in [5, 5.41) is 1.98. The Bertz CT molecular complexity index is 1070. The van der Waals surface area contributed by atoms with E-state index in [2.05, 4.69) is 4.72 Å². The molecule has 2 heterocycles. The van der Waals surface area contributed by atoms with Gasteiger partial charge in [0.15, 0.2) is 6.61 Å². The predicted molar refractivity (Wildman–Crippen MR) is 115 cm³/mol. The Hall–Kier alpha value is -1.94. The van der Waals surface area contributed by atoms with E-state index in [1.165, 1.54) is 17.0 Å². The first-order chi connectivity index (χ1) is 14.0. The molecule has 0 bridgehead atoms. The molecule has 0 saturated heterocycles. The Labute approximate surface area is 185 Å². The fraction of sp³-hybridized carbons (Fsp3) is 0.400. The molecule has 0 radical (unpaired) electrons. The first-order valence-electron chi connectivity index (χ1n) is 9.30. The fourth-order valence-corrected chi connectivity index (χ4v) is 5.89. The van der Waals surface area contributed by atoms with E-state index in [9.17, 15) is 18.0 Å². The predicted octanol–water partition coefficient (Wildman–Crippen LogP) is 3.22. The molecule has 3 rings (SSSR count). The molecule has 0 atom stereocenters. The standard InChI is InChI=1S/C20H23ClN2O5S2/c1-20(2,3)22-30(26,27)17-10-13(4-5-15(17)21)19(25)28-12-18(24)23-8-6-16-14(11-23)7-9-29-16/h4-5,7,9-10,22H,6,8,11-12H2,1-3H3. The molecule has 30 heavy (non-hydrogen) atoms. The van der Waals surface area contributed by atoms with Gasteiger partial charge in [-0.25, -0.2) is 17.9 Å². The van der Waals surface area contributed by atoms with Gasteiger partial charge in [0.25, 0.3) is 5.91 Å². The van der Waals surface area contributed by atoms with Crippen molar-refractivity contribution in [3.63, 3.8) is 0 Å². The third-order valence-electron chi connectivity index (χ3n) is 4.38. The van der Waals surface area contributed by atoms with Crippen molar-refractivity contribution in [1.82, 2.24) is 9.62 Å². The lowest BCUT2D eigenvalue weighted by molar-refractivity contribution is -0.135. The number of halogens is 1. The minimum atomic E-state index is -3.94. The van der Waals surface area contributed by atoms with Crippen molar-refractivity contribution in [2.45, 2.75) is 44.2 Å². The number of carbonyl (C=O) groups excluding carboxylic acids is 2. The van der Waals surface area contributed by atoms with Crippen molar-refractivity contribution < 1.29 is 22.7 Å². The maximum atomic E-state index is 12.6. The Morgan fingerprint density at radius 2 is 2.00 bits per heavy atom. The minimum absolute atomic E-state index is 0.000231. The van der Waals surface area contributed by atoms with Gasteiger partial charge in [-0.2, -0.15) is 0 Å². The van der Waals surface area contributed by atoms with Gasteiger partial charge < -0.3 is 9.64 Å². The first-order valence-corrected chi connectivity index (χ1v) is 12.0. The molecule has 1 aliphatic heterocycles. The van der Waals surface area contributed by atoms with Crippen molar-refractivity contribution in [1.29, 1.82) is 0 Å². The van der Waals surface area contributed by atoms with Gasteiger partial charge >= 0.3 is 5.97 Å². The number of thiophene rings is 1. The molecular weight excluding hydrogens is 448 g/mol. The van der Waals surface area contributed by atoms with Gasteiger partial charge in [0, 0.05) is 23.5 Å². The van der Waals surface area contributed by atoms with Crippen molar-refractivity contribution >= 4 is 44.8 Å². The number of hydrogen-bond acceptors (Lipinski definition) is 6. The van der Waals surface area contributed by atoms with Crippen LogP contribution in [0.1, 0.15) is 41.6 Å². The number of esters is 1. The number of amides is 1. The lowest BCUT2D eigenvalue weighted by atomic mass is 10.1. The molecule has 1 N–H and O–H groups in total. The smallest absolute Gasteiger partial charge is 0.338 e. The van der Waals surface area contributed by atoms with Crippen molar-refractivity contribution in [3.8, 4) is 0 Å². The molecule has 0 fully saturated rings. The molecule has 0 spiro atoms. The Morgan fingerprint density at radius 3 is 2.70 bits per heavy atom. The van der Waals surface area contributed by atoms with Crippen LogP contribution in [0.4, 0.5) is 0 Å². The van der Waals surface area contributed by atoms with Crippen LogP contribution in [-0.2, 0) is 32.5 Å². The second-order valence-electron chi connectivity index (χ2n) is 8.01. The molecule has 1 aliphatic rings. The monoisotopic (exact) mass is 470 g/mol. The summed E-state index contributed by atoms with van der Waals surface area (Å²) in [6, 6.07) is 5.83. The zero-order valence-electron chi connectivity index (χ0n) is 16.9. The van der Waals surface area contributed by atoms with E-state index < -0.39 is 28.1 Å². The number of nitrogens with one attached hydrogen (secondary N) is 1. The molecular formula is C20H23ClN2O5S2. The van der Waals surface area contributed by atoms with Crippen LogP contribution in [0.2, 0.25) is 5.02 Å². The van der Waals surface area contributed by atoms with Crippen LogP contribution >= 0.6 is 22.9 Å². The lowest BCUT2D eigenvalue weighted by Gasteiger charge is -2.26. The summed E-state index contributed by atoms with van der Waals surface area (Å²) in [5.74, 6) is -1.09. The van der Waals surface area contributed by atoms with Gasteiger partial charge in [-0.15, -0.1) is 11.3 Å². The number of fused-ring (bicyclic) bond motifs is 1. The van der Waals surface area contributed by atoms with Gasteiger partial charge in [-0.05, 0) is 62.4 Å². The van der Waals surface area contributed by atoms with Gasteiger partial charge in [-0.1, -0.05) is 11.6 Å². The average Bonchev–Trinajstić information content (AvgIpc) is 3.11. The number of nitrogens with zero attached hydrogens (tertiary/aromatic N) is 1. The number of rotatable bonds is 5. The molecule has 0 unspecified atom stereocenters. The second-order valence-corrected chi connectivity index (χ2v) is 11.1. The number of hydrogen-bond donors (Lipinski definition) is 1. The van der Waals surface area contributed by atoms with Crippen LogP contribution in [0.3, 0.4) is 0 Å². The summed E-state index contributed by atoms with van der Waals surface area (Å²) in [6.45, 7) is 5.75. The highest BCUT2D eigenvalue weighted by Crippen LogP contribution is 2.25. The molecule has 7 nitrogen and oxygen atoms in total. The van der Waals surface area contributed by atoms with Crippen molar-refractivity contribution in [3.05, 3.63) is 50.7 Å². The van der Waals surface area contributed by atoms with Gasteiger partial charge in [0.1, 0.15) is 4.90 Å². The quantitative estimate of drug-likeness (QED) is 0.677. The summed E-state index contributed by atoms with van der Waals surface area (Å²) in [5.41, 5.74) is 0.395. The van der Waals surface area contributed by atoms with E-state index >= 15 is 0 Å². The van der Waals surface area contributed by atoms with Gasteiger partial charge in [0.05, 0.1) is 10.6 Å². The molecule has 0 saturated carbocycles. The largest absolute Gasteiger partial charge is 0.452 e. The third kappa shape index (κ3) is 5.40. The van der Waals surface area contributed by atoms with Crippen LogP contribution in [0.25, 0.3) is 0 Å². The summed E-state index contributed by atoms with van der Waals surface area (Å²) in [7, 11) is -3.94. The summed E-state index contributed by atoms with van der Waals surface area (Å²) in [6.07, 6.45) is 0.784. The van der Waals surface area contributed by atoms with Crippen LogP contribution in [0, 0.1) is 0 Å². The number of benzene rings is 1. The van der Waals surface area contributed by atoms with E-state index in [0.717, 1.165) is 18.1 Å². The minimum Gasteiger partial charge on any atom is -0.452 e. The third-order valence-corrected chi connectivity index (χ3v) is 7.65. The SMILES string of the molecule is CC(C)(C)NS(=O)(=O)c1cc(C(=O)OCC(=O)N2CCc3sccc3C2)ccc1Cl. The van der Waals surface area contributed by atoms with Crippen molar-refractivity contribution in [2.24, 2.45) is 0 Å². The highest BCUT2D eigenvalue weighted by Gasteiger charge is 2.26. The van der Waals surface area contributed by atoms with Crippen LogP contribution in [0.15, 0.2) is 34.5 Å². The molecule has 162 valence electrons. The van der Waals surface area contributed by atoms with Crippen LogP contribution in [-0.4, -0.2) is 43.9 Å². The Kier molecular flexibility index (Phi) is 6.57. The van der Waals surface area contributed by atoms with E-state index in [1.807, 2.05) is 11.4 Å². The van der Waals surface area contributed by atoms with E-state index in [4.69, 9.17) is 16.3 Å². The zero-order valence-corrected chi connectivity index (χ0v) is 19.3. The fourth-order valence-electron chi connectivity index (χ4n) is 3.06. The van der Waals surface area contributed by atoms with E-state index in [1.54, 1.807) is 37.0 Å². The van der Waals surface area contributed by atoms with Crippen LogP contribution < -0.4 is 4.72 Å². The highest BCUT2D eigenvalue weighted by atomic mass is 35.5. The van der Waals surface area contributed by atoms with E-state index in [0.29, 0.717) is 13.1 Å². The number of carbonyl (C=O) groups is 2. The van der Waals surface area contributed by atoms with E-state index in [-0.39, 0.29) is 21.4 Å². The van der Waals surface area contributed by atoms with Gasteiger partial charge in [0.2, 0.25) is 10.0 Å². The molecule has 10 heteroatoms. The molecule has 1 aromatic carbocycles. The van der Waals surface area contributed by atoms with Crippen LogP contribution in [0.5, 0.6) is 0 Å². The summed E-state index contributed by atoms with van der Waals surface area (Å²) >= 11 is 7.72. The lowest BCUT2D eigenvalue weighted by Crippen LogP contribution is -2.40. The highest BCUT2D eigenvalue weighted by molar-refractivity contribution is 7.89. The normalized spacial score (nSPS) is 14.3. The summed E-state index contributed by atoms with van der Waals surface area (Å²) in [4.78, 5) is 27.5. The first kappa shape index (κ1) is 22.7. The zero-order chi connectivity index (χ0) is 22.1. The Morgan fingerprint density at radius 1 is 1.27 bits per heavy atom. The summed E-state index contributed by atoms with van der Waals surface area (Å²) < 4.78 is 32.8. The maximum Gasteiger partial charge on any atom is 0.338 e. The maximum absolute atomic E-state index is 12.6. The Balaban J connectivity index is 1.67.